The molecule has 0 heterocycles. The molecule has 0 bridgehead atoms. The van der Waals surface area contributed by atoms with Gasteiger partial charge in [-0.05, 0) is 6.42 Å². The lowest BCUT2D eigenvalue weighted by molar-refractivity contribution is -0.242. The molecule has 0 unspecified atom stereocenters. The van der Waals surface area contributed by atoms with Crippen LogP contribution in [-0.4, -0.2) is 69.0 Å². The lowest BCUT2D eigenvalue weighted by atomic mass is 10.4. The summed E-state index contributed by atoms with van der Waals surface area (Å²) in [4.78, 5) is 20.9. The van der Waals surface area contributed by atoms with Gasteiger partial charge in [0.25, 0.3) is 0 Å². The van der Waals surface area contributed by atoms with Gasteiger partial charge in [-0.25, -0.2) is 14.5 Å². The Morgan fingerprint density at radius 1 is 0.889 bits per heavy atom. The van der Waals surface area contributed by atoms with Crippen LogP contribution in [0.1, 0.15) is 19.8 Å². The molecule has 10 nitrogen and oxygen atoms in total. The lowest BCUT2D eigenvalue weighted by Crippen LogP contribution is -1.84. The van der Waals surface area contributed by atoms with Crippen LogP contribution in [0.3, 0.4) is 0 Å². The summed E-state index contributed by atoms with van der Waals surface area (Å²) in [5.74, 6) is 0. The normalized spacial score (nSPS) is 6.33. The number of unbranched alkanes of at least 4 members (excludes halogenated alkanes) is 1. The van der Waals surface area contributed by atoms with E-state index in [1.807, 2.05) is 6.92 Å². The predicted molar refractivity (Wildman–Crippen MR) is 61.1 cm³/mol. The van der Waals surface area contributed by atoms with Crippen LogP contribution in [0.4, 0.5) is 9.59 Å². The van der Waals surface area contributed by atoms with Crippen LogP contribution in [-0.2, 0) is 4.89 Å². The third-order valence-corrected chi connectivity index (χ3v) is 0.589. The standard InChI is InChI=1S/C4H10O2.2CH2O3.2CH4O/c1-2-3-4-6-5;2*2-1(3)4;2*1-2/h5H,2-4H2,1H3;2*(H2,2,3,4);2*2H,1H3. The quantitative estimate of drug-likeness (QED) is 0.222. The third kappa shape index (κ3) is 1350. The molecule has 0 saturated carbocycles. The Labute approximate surface area is 104 Å². The molecule has 0 aliphatic heterocycles. The summed E-state index contributed by atoms with van der Waals surface area (Å²) in [5, 5.41) is 49.6. The zero-order valence-electron chi connectivity index (χ0n) is 10.5. The van der Waals surface area contributed by atoms with Crippen LogP contribution in [0.5, 0.6) is 0 Å². The molecule has 0 rings (SSSR count). The molecule has 0 atom stereocenters. The fraction of sp³-hybridized carbons (Fsp3) is 0.750. The monoisotopic (exact) mass is 278 g/mol. The van der Waals surface area contributed by atoms with Gasteiger partial charge in [0.2, 0.25) is 0 Å². The molecular weight excluding hydrogens is 256 g/mol. The van der Waals surface area contributed by atoms with Gasteiger partial charge in [0.15, 0.2) is 0 Å². The highest BCUT2D eigenvalue weighted by Gasteiger charge is 1.76. The van der Waals surface area contributed by atoms with Crippen molar-refractivity contribution in [1.29, 1.82) is 0 Å². The summed E-state index contributed by atoms with van der Waals surface area (Å²) in [6, 6.07) is 0. The van der Waals surface area contributed by atoms with Crippen molar-refractivity contribution in [3.8, 4) is 0 Å². The summed E-state index contributed by atoms with van der Waals surface area (Å²) in [6.45, 7) is 2.51. The highest BCUT2D eigenvalue weighted by atomic mass is 17.1. The molecule has 0 radical (unpaired) electrons. The summed E-state index contributed by atoms with van der Waals surface area (Å²) >= 11 is 0. The number of hydrogen-bond donors (Lipinski definition) is 7. The van der Waals surface area contributed by atoms with Crippen LogP contribution in [0, 0.1) is 0 Å². The number of hydrogen-bond acceptors (Lipinski definition) is 6. The lowest BCUT2D eigenvalue weighted by Gasteiger charge is -1.87. The van der Waals surface area contributed by atoms with Crippen LogP contribution in [0.25, 0.3) is 0 Å². The molecule has 18 heavy (non-hydrogen) atoms. The van der Waals surface area contributed by atoms with Gasteiger partial charge in [0, 0.05) is 14.2 Å². The Bertz CT molecular complexity index is 114. The van der Waals surface area contributed by atoms with E-state index in [-0.39, 0.29) is 0 Å². The molecule has 0 fully saturated rings. The SMILES string of the molecule is CCCCOO.CO.CO.O=C(O)O.O=C(O)O. The van der Waals surface area contributed by atoms with Crippen molar-refractivity contribution in [2.75, 3.05) is 20.8 Å². The number of carboxylic acid groups (broad SMARTS) is 4. The van der Waals surface area contributed by atoms with E-state index >= 15 is 0 Å². The van der Waals surface area contributed by atoms with Crippen LogP contribution in [0.15, 0.2) is 0 Å². The highest BCUT2D eigenvalue weighted by Crippen LogP contribution is 1.83. The second-order valence-electron chi connectivity index (χ2n) is 1.75. The summed E-state index contributed by atoms with van der Waals surface area (Å²) in [6.07, 6.45) is -1.66. The zero-order chi connectivity index (χ0) is 16.0. The minimum Gasteiger partial charge on any atom is -0.450 e. The molecular formula is C8H22O10. The predicted octanol–water partition coefficient (Wildman–Crippen LogP) is 0.938. The van der Waals surface area contributed by atoms with E-state index in [4.69, 9.17) is 45.5 Å². The van der Waals surface area contributed by atoms with Crippen molar-refractivity contribution in [1.82, 2.24) is 0 Å². The van der Waals surface area contributed by atoms with Crippen molar-refractivity contribution >= 4 is 12.3 Å². The van der Waals surface area contributed by atoms with Crippen molar-refractivity contribution in [3.05, 3.63) is 0 Å². The van der Waals surface area contributed by atoms with E-state index in [9.17, 15) is 0 Å². The van der Waals surface area contributed by atoms with Gasteiger partial charge in [-0.15, -0.1) is 0 Å². The number of rotatable bonds is 3. The molecule has 0 aromatic carbocycles. The second-order valence-corrected chi connectivity index (χ2v) is 1.75. The van der Waals surface area contributed by atoms with E-state index < -0.39 is 12.3 Å². The largest absolute Gasteiger partial charge is 0.503 e. The second kappa shape index (κ2) is 45.3. The number of carbonyl (C=O) groups is 2. The minimum absolute atomic E-state index is 0.469. The van der Waals surface area contributed by atoms with Crippen LogP contribution in [0.2, 0.25) is 0 Å². The zero-order valence-corrected chi connectivity index (χ0v) is 10.5. The van der Waals surface area contributed by atoms with Crippen LogP contribution < -0.4 is 0 Å². The molecule has 114 valence electrons. The van der Waals surface area contributed by atoms with Gasteiger partial charge >= 0.3 is 12.3 Å². The van der Waals surface area contributed by atoms with E-state index in [0.29, 0.717) is 6.61 Å². The first-order valence-electron chi connectivity index (χ1n) is 4.38. The first-order chi connectivity index (χ1) is 8.38. The van der Waals surface area contributed by atoms with Gasteiger partial charge in [-0.1, -0.05) is 13.3 Å². The molecule has 0 aromatic rings. The number of aliphatic hydroxyl groups is 2. The molecule has 0 aliphatic carbocycles. The Morgan fingerprint density at radius 2 is 1.11 bits per heavy atom. The van der Waals surface area contributed by atoms with Gasteiger partial charge in [0.1, 0.15) is 0 Å². The van der Waals surface area contributed by atoms with E-state index in [1.165, 1.54) is 0 Å². The van der Waals surface area contributed by atoms with E-state index in [0.717, 1.165) is 27.1 Å². The number of aliphatic hydroxyl groups excluding tert-OH is 2. The average molecular weight is 278 g/mol. The van der Waals surface area contributed by atoms with E-state index in [2.05, 4.69) is 4.89 Å². The molecule has 0 aromatic heterocycles. The van der Waals surface area contributed by atoms with Crippen molar-refractivity contribution in [3.63, 3.8) is 0 Å². The molecule has 7 N–H and O–H groups in total. The Hall–Kier alpha value is -1.62. The first-order valence-corrected chi connectivity index (χ1v) is 4.38. The average Bonchev–Trinajstić information content (AvgIpc) is 2.30. The summed E-state index contributed by atoms with van der Waals surface area (Å²) in [5.41, 5.74) is 0. The first kappa shape index (κ1) is 29.9. The maximum Gasteiger partial charge on any atom is 0.503 e. The Balaban J connectivity index is -0.0000000420. The Morgan fingerprint density at radius 3 is 1.17 bits per heavy atom. The Kier molecular flexibility index (Phi) is 75.3. The molecule has 0 aliphatic rings. The van der Waals surface area contributed by atoms with E-state index in [1.54, 1.807) is 0 Å². The molecule has 0 spiro atoms. The molecule has 10 heteroatoms. The van der Waals surface area contributed by atoms with Gasteiger partial charge in [0.05, 0.1) is 6.61 Å². The van der Waals surface area contributed by atoms with Crippen LogP contribution >= 0.6 is 0 Å². The van der Waals surface area contributed by atoms with Gasteiger partial charge in [-0.2, -0.15) is 0 Å². The molecule has 0 amide bonds. The van der Waals surface area contributed by atoms with Gasteiger partial charge < -0.3 is 30.6 Å². The fourth-order valence-electron chi connectivity index (χ4n) is 0.209. The fourth-order valence-corrected chi connectivity index (χ4v) is 0.209. The van der Waals surface area contributed by atoms with Crippen molar-refractivity contribution < 1.29 is 50.4 Å². The van der Waals surface area contributed by atoms with Crippen molar-refractivity contribution in [2.45, 2.75) is 19.8 Å². The van der Waals surface area contributed by atoms with Crippen molar-refractivity contribution in [2.24, 2.45) is 0 Å². The minimum atomic E-state index is -1.83. The summed E-state index contributed by atoms with van der Waals surface area (Å²) in [7, 11) is 2.00. The maximum atomic E-state index is 8.56. The maximum absolute atomic E-state index is 8.56. The summed E-state index contributed by atoms with van der Waals surface area (Å²) < 4.78 is 0. The topological polar surface area (TPSA) is 185 Å². The smallest absolute Gasteiger partial charge is 0.450 e. The third-order valence-electron chi connectivity index (χ3n) is 0.589. The van der Waals surface area contributed by atoms with Gasteiger partial charge in [-0.3, -0.25) is 5.26 Å². The molecule has 0 saturated heterocycles. The highest BCUT2D eigenvalue weighted by molar-refractivity contribution is 5.53.